The van der Waals surface area contributed by atoms with Crippen LogP contribution in [0.4, 0.5) is 17.6 Å². The number of nitrogens with one attached hydrogen (secondary N) is 1. The van der Waals surface area contributed by atoms with Crippen LogP contribution in [0.2, 0.25) is 0 Å². The van der Waals surface area contributed by atoms with Crippen molar-refractivity contribution in [3.63, 3.8) is 0 Å². The molecule has 1 fully saturated rings. The molecule has 2 unspecified atom stereocenters. The first-order valence-corrected chi connectivity index (χ1v) is 6.41. The van der Waals surface area contributed by atoms with Crippen molar-refractivity contribution < 1.29 is 22.4 Å². The number of alkyl halides is 4. The molecule has 1 rings (SSSR count). The molecule has 0 aromatic heterocycles. The van der Waals surface area contributed by atoms with Gasteiger partial charge < -0.3 is 4.90 Å². The molecule has 2 atom stereocenters. The molecule has 0 spiro atoms. The molecule has 1 N–H and O–H groups in total. The topological polar surface area (TPSA) is 32.3 Å². The number of hydrogen-bond donors (Lipinski definition) is 1. The molecule has 7 heteroatoms. The van der Waals surface area contributed by atoms with Crippen LogP contribution in [0.15, 0.2) is 0 Å². The van der Waals surface area contributed by atoms with Gasteiger partial charge in [0.25, 0.3) is 0 Å². The van der Waals surface area contributed by atoms with Gasteiger partial charge in [0.2, 0.25) is 5.91 Å². The summed E-state index contributed by atoms with van der Waals surface area (Å²) in [5.41, 5.74) is 0. The van der Waals surface area contributed by atoms with Crippen LogP contribution < -0.4 is 5.32 Å². The van der Waals surface area contributed by atoms with E-state index in [0.717, 1.165) is 4.90 Å². The lowest BCUT2D eigenvalue weighted by Gasteiger charge is -2.29. The zero-order chi connectivity index (χ0) is 14.8. The van der Waals surface area contributed by atoms with Crippen molar-refractivity contribution in [2.75, 3.05) is 6.54 Å². The fourth-order valence-corrected chi connectivity index (χ4v) is 2.17. The number of hydrogen-bond acceptors (Lipinski definition) is 2. The minimum Gasteiger partial charge on any atom is -0.320 e. The van der Waals surface area contributed by atoms with E-state index in [2.05, 4.69) is 5.32 Å². The number of halogens is 4. The molecule has 19 heavy (non-hydrogen) atoms. The van der Waals surface area contributed by atoms with Gasteiger partial charge in [-0.25, -0.2) is 8.78 Å². The van der Waals surface area contributed by atoms with Crippen LogP contribution in [0.3, 0.4) is 0 Å². The van der Waals surface area contributed by atoms with E-state index in [0.29, 0.717) is 12.8 Å². The van der Waals surface area contributed by atoms with E-state index in [9.17, 15) is 22.4 Å². The third-order valence-electron chi connectivity index (χ3n) is 3.15. The summed E-state index contributed by atoms with van der Waals surface area (Å²) in [7, 11) is 0. The first kappa shape index (κ1) is 16.2. The fourth-order valence-electron chi connectivity index (χ4n) is 2.17. The maximum Gasteiger partial charge on any atom is 0.324 e. The Morgan fingerprint density at radius 1 is 1.37 bits per heavy atom. The quantitative estimate of drug-likeness (QED) is 0.760. The molecular weight excluding hydrogens is 264 g/mol. The maximum atomic E-state index is 13.1. The lowest BCUT2D eigenvalue weighted by molar-refractivity contribution is -0.157. The lowest BCUT2D eigenvalue weighted by atomic mass is 10.1. The molecule has 1 amide bonds. The molecule has 0 aliphatic carbocycles. The highest BCUT2D eigenvalue weighted by molar-refractivity contribution is 5.84. The number of carbonyl (C=O) groups is 1. The SMILES string of the molecule is CCC1NC(CC(C)C)N(CC(F)(F)C(F)F)C1=O. The van der Waals surface area contributed by atoms with E-state index in [4.69, 9.17) is 0 Å². The number of rotatable bonds is 6. The van der Waals surface area contributed by atoms with Crippen LogP contribution in [-0.2, 0) is 4.79 Å². The van der Waals surface area contributed by atoms with Crippen LogP contribution in [0, 0.1) is 5.92 Å². The number of carbonyl (C=O) groups excluding carboxylic acids is 1. The van der Waals surface area contributed by atoms with Crippen molar-refractivity contribution in [1.29, 1.82) is 0 Å². The Balaban J connectivity index is 2.83. The molecule has 1 heterocycles. The van der Waals surface area contributed by atoms with E-state index in [1.165, 1.54) is 0 Å². The summed E-state index contributed by atoms with van der Waals surface area (Å²) in [5.74, 6) is -4.52. The van der Waals surface area contributed by atoms with Crippen molar-refractivity contribution >= 4 is 5.91 Å². The predicted molar refractivity (Wildman–Crippen MR) is 63.1 cm³/mol. The second-order valence-electron chi connectivity index (χ2n) is 5.30. The highest BCUT2D eigenvalue weighted by Gasteiger charge is 2.48. The smallest absolute Gasteiger partial charge is 0.320 e. The molecule has 0 radical (unpaired) electrons. The molecule has 1 aliphatic rings. The summed E-state index contributed by atoms with van der Waals surface area (Å²) in [5, 5.41) is 2.93. The summed E-state index contributed by atoms with van der Waals surface area (Å²) in [6, 6.07) is -0.558. The summed E-state index contributed by atoms with van der Waals surface area (Å²) in [6.07, 6.45) is -3.45. The minimum atomic E-state index is -4.17. The second kappa shape index (κ2) is 6.07. The molecule has 3 nitrogen and oxygen atoms in total. The van der Waals surface area contributed by atoms with E-state index >= 15 is 0 Å². The average Bonchev–Trinajstić information content (AvgIpc) is 2.55. The molecule has 0 aromatic rings. The summed E-state index contributed by atoms with van der Waals surface area (Å²) < 4.78 is 50.8. The average molecular weight is 284 g/mol. The van der Waals surface area contributed by atoms with Gasteiger partial charge >= 0.3 is 12.3 Å². The number of amides is 1. The van der Waals surface area contributed by atoms with Gasteiger partial charge in [0.1, 0.15) is 0 Å². The lowest BCUT2D eigenvalue weighted by Crippen LogP contribution is -2.47. The van der Waals surface area contributed by atoms with E-state index in [-0.39, 0.29) is 5.92 Å². The Labute approximate surface area is 110 Å². The Bertz CT molecular complexity index is 323. The van der Waals surface area contributed by atoms with Crippen LogP contribution in [0.5, 0.6) is 0 Å². The van der Waals surface area contributed by atoms with E-state index in [1.807, 2.05) is 13.8 Å². The Kier molecular flexibility index (Phi) is 5.18. The van der Waals surface area contributed by atoms with Gasteiger partial charge in [-0.3, -0.25) is 10.1 Å². The Hall–Kier alpha value is -0.850. The van der Waals surface area contributed by atoms with Crippen molar-refractivity contribution in [3.8, 4) is 0 Å². The third-order valence-corrected chi connectivity index (χ3v) is 3.15. The van der Waals surface area contributed by atoms with Crippen LogP contribution in [-0.4, -0.2) is 41.9 Å². The molecule has 0 bridgehead atoms. The Morgan fingerprint density at radius 3 is 2.37 bits per heavy atom. The molecular formula is C12H20F4N2O. The van der Waals surface area contributed by atoms with E-state index in [1.54, 1.807) is 6.92 Å². The summed E-state index contributed by atoms with van der Waals surface area (Å²) >= 11 is 0. The molecule has 0 aromatic carbocycles. The summed E-state index contributed by atoms with van der Waals surface area (Å²) in [6.45, 7) is 4.28. The molecule has 112 valence electrons. The van der Waals surface area contributed by atoms with Crippen LogP contribution >= 0.6 is 0 Å². The van der Waals surface area contributed by atoms with Crippen molar-refractivity contribution in [1.82, 2.24) is 10.2 Å². The standard InChI is InChI=1S/C12H20F4N2O/c1-4-8-10(19)18(6-12(15,16)11(13)14)9(17-8)5-7(2)3/h7-9,11,17H,4-6H2,1-3H3. The van der Waals surface area contributed by atoms with E-state index < -0.39 is 37.0 Å². The van der Waals surface area contributed by atoms with Crippen molar-refractivity contribution in [2.24, 2.45) is 5.92 Å². The van der Waals surface area contributed by atoms with Crippen molar-refractivity contribution in [2.45, 2.75) is 58.2 Å². The Morgan fingerprint density at radius 2 is 1.95 bits per heavy atom. The highest BCUT2D eigenvalue weighted by atomic mass is 19.3. The fraction of sp³-hybridized carbons (Fsp3) is 0.917. The zero-order valence-corrected chi connectivity index (χ0v) is 11.3. The maximum absolute atomic E-state index is 13.1. The zero-order valence-electron chi connectivity index (χ0n) is 11.3. The van der Waals surface area contributed by atoms with Gasteiger partial charge in [-0.1, -0.05) is 20.8 Å². The first-order valence-electron chi connectivity index (χ1n) is 6.41. The molecule has 1 aliphatic heterocycles. The third kappa shape index (κ3) is 3.81. The summed E-state index contributed by atoms with van der Waals surface area (Å²) in [4.78, 5) is 12.8. The van der Waals surface area contributed by atoms with Gasteiger partial charge in [-0.15, -0.1) is 0 Å². The first-order chi connectivity index (χ1) is 8.69. The minimum absolute atomic E-state index is 0.170. The van der Waals surface area contributed by atoms with Crippen LogP contribution in [0.25, 0.3) is 0 Å². The predicted octanol–water partition coefficient (Wildman–Crippen LogP) is 2.47. The van der Waals surface area contributed by atoms with Crippen molar-refractivity contribution in [3.05, 3.63) is 0 Å². The normalized spacial score (nSPS) is 24.9. The van der Waals surface area contributed by atoms with Gasteiger partial charge in [-0.05, 0) is 18.8 Å². The monoisotopic (exact) mass is 284 g/mol. The number of nitrogens with zero attached hydrogens (tertiary/aromatic N) is 1. The van der Waals surface area contributed by atoms with Gasteiger partial charge in [0, 0.05) is 0 Å². The van der Waals surface area contributed by atoms with Crippen LogP contribution in [0.1, 0.15) is 33.6 Å². The highest BCUT2D eigenvalue weighted by Crippen LogP contribution is 2.28. The van der Waals surface area contributed by atoms with Gasteiger partial charge in [-0.2, -0.15) is 8.78 Å². The molecule has 1 saturated heterocycles. The van der Waals surface area contributed by atoms with Gasteiger partial charge in [0.15, 0.2) is 0 Å². The van der Waals surface area contributed by atoms with Gasteiger partial charge in [0.05, 0.1) is 18.8 Å². The largest absolute Gasteiger partial charge is 0.324 e. The molecule has 0 saturated carbocycles. The second-order valence-corrected chi connectivity index (χ2v) is 5.30.